The molecule has 0 spiro atoms. The molecule has 0 saturated carbocycles. The Balaban J connectivity index is 1.19. The van der Waals surface area contributed by atoms with Crippen LogP contribution in [-0.4, -0.2) is 84.0 Å². The molecule has 0 unspecified atom stereocenters. The molecule has 10 nitrogen and oxygen atoms in total. The van der Waals surface area contributed by atoms with Gasteiger partial charge in [-0.25, -0.2) is 0 Å². The Morgan fingerprint density at radius 1 is 0.905 bits per heavy atom. The second-order valence-corrected chi connectivity index (χ2v) is 12.8. The van der Waals surface area contributed by atoms with E-state index in [1.807, 2.05) is 23.1 Å². The Hall–Kier alpha value is -3.14. The summed E-state index contributed by atoms with van der Waals surface area (Å²) in [6, 6.07) is 5.87. The highest BCUT2D eigenvalue weighted by Gasteiger charge is 2.26. The molecule has 1 aromatic rings. The lowest BCUT2D eigenvalue weighted by Crippen LogP contribution is -2.39. The average Bonchev–Trinajstić information content (AvgIpc) is 3.38. The Bertz CT molecular complexity index is 1070. The molecule has 3 rings (SSSR count). The first kappa shape index (κ1) is 33.4. The summed E-state index contributed by atoms with van der Waals surface area (Å²) < 4.78 is 5.73. The third-order valence-corrected chi connectivity index (χ3v) is 7.70. The van der Waals surface area contributed by atoms with E-state index in [0.29, 0.717) is 51.2 Å². The van der Waals surface area contributed by atoms with Crippen LogP contribution in [0, 0.1) is 5.41 Å². The molecule has 2 aliphatic rings. The smallest absolute Gasteiger partial charge is 0.257 e. The quantitative estimate of drug-likeness (QED) is 0.271. The van der Waals surface area contributed by atoms with Gasteiger partial charge in [-0.15, -0.1) is 0 Å². The SMILES string of the molecule is CC(C)(C)CC(=O)N1CCc2ccc(OCC(=O)NCCCCCCCCC(=O)NCC(=O)N3CC[C@@H](O)C3)cc2C1. The molecule has 2 aliphatic heterocycles. The number of carbonyl (C=O) groups excluding carboxylic acids is 4. The van der Waals surface area contributed by atoms with Crippen LogP contribution in [0.25, 0.3) is 0 Å². The van der Waals surface area contributed by atoms with Gasteiger partial charge in [0.15, 0.2) is 6.61 Å². The first-order valence-corrected chi connectivity index (χ1v) is 15.5. The molecule has 0 radical (unpaired) electrons. The number of benzene rings is 1. The topological polar surface area (TPSA) is 128 Å². The van der Waals surface area contributed by atoms with Gasteiger partial charge >= 0.3 is 0 Å². The van der Waals surface area contributed by atoms with Gasteiger partial charge in [0, 0.05) is 45.6 Å². The number of nitrogens with one attached hydrogen (secondary N) is 2. The van der Waals surface area contributed by atoms with Crippen molar-refractivity contribution in [3.05, 3.63) is 29.3 Å². The van der Waals surface area contributed by atoms with Gasteiger partial charge in [0.05, 0.1) is 12.6 Å². The van der Waals surface area contributed by atoms with Crippen LogP contribution < -0.4 is 15.4 Å². The Morgan fingerprint density at radius 2 is 1.64 bits per heavy atom. The number of amides is 4. The summed E-state index contributed by atoms with van der Waals surface area (Å²) in [6.07, 6.45) is 7.57. The number of fused-ring (bicyclic) bond motifs is 1. The van der Waals surface area contributed by atoms with E-state index in [9.17, 15) is 24.3 Å². The molecule has 1 atom stereocenters. The van der Waals surface area contributed by atoms with Gasteiger partial charge in [-0.1, -0.05) is 52.5 Å². The number of unbranched alkanes of at least 4 members (excludes halogenated alkanes) is 5. The van der Waals surface area contributed by atoms with Crippen LogP contribution in [0.1, 0.15) is 89.7 Å². The highest BCUT2D eigenvalue weighted by molar-refractivity contribution is 5.84. The van der Waals surface area contributed by atoms with Gasteiger partial charge in [-0.2, -0.15) is 0 Å². The van der Waals surface area contributed by atoms with E-state index in [4.69, 9.17) is 4.74 Å². The van der Waals surface area contributed by atoms with Gasteiger partial charge in [0.25, 0.3) is 5.91 Å². The fourth-order valence-corrected chi connectivity index (χ4v) is 5.29. The summed E-state index contributed by atoms with van der Waals surface area (Å²) in [6.45, 7) is 8.98. The highest BCUT2D eigenvalue weighted by Crippen LogP contribution is 2.26. The number of hydrogen-bond donors (Lipinski definition) is 3. The first-order valence-electron chi connectivity index (χ1n) is 15.5. The van der Waals surface area contributed by atoms with E-state index < -0.39 is 6.10 Å². The van der Waals surface area contributed by atoms with Crippen LogP contribution in [0.2, 0.25) is 0 Å². The van der Waals surface area contributed by atoms with Crippen LogP contribution in [0.15, 0.2) is 18.2 Å². The molecule has 1 fully saturated rings. The largest absolute Gasteiger partial charge is 0.484 e. The highest BCUT2D eigenvalue weighted by atomic mass is 16.5. The Morgan fingerprint density at radius 3 is 2.36 bits per heavy atom. The van der Waals surface area contributed by atoms with Crippen LogP contribution >= 0.6 is 0 Å². The number of nitrogens with zero attached hydrogens (tertiary/aromatic N) is 2. The minimum atomic E-state index is -0.453. The fraction of sp³-hybridized carbons (Fsp3) is 0.688. The van der Waals surface area contributed by atoms with Crippen molar-refractivity contribution in [1.82, 2.24) is 20.4 Å². The molecule has 3 N–H and O–H groups in total. The molecule has 0 aliphatic carbocycles. The van der Waals surface area contributed by atoms with Crippen molar-refractivity contribution in [2.45, 2.75) is 97.6 Å². The van der Waals surface area contributed by atoms with E-state index in [2.05, 4.69) is 31.4 Å². The second kappa shape index (κ2) is 16.5. The van der Waals surface area contributed by atoms with Crippen molar-refractivity contribution in [2.75, 3.05) is 39.3 Å². The lowest BCUT2D eigenvalue weighted by atomic mass is 9.90. The zero-order valence-electron chi connectivity index (χ0n) is 25.7. The number of β-amino-alcohol motifs (C(OH)–C–C–N with tert-alkyl or cyclic N) is 1. The number of carbonyl (C=O) groups is 4. The average molecular weight is 587 g/mol. The first-order chi connectivity index (χ1) is 20.0. The predicted molar refractivity (Wildman–Crippen MR) is 161 cm³/mol. The van der Waals surface area contributed by atoms with Crippen molar-refractivity contribution in [3.8, 4) is 5.75 Å². The van der Waals surface area contributed by atoms with Crippen LogP contribution in [-0.2, 0) is 32.1 Å². The molecule has 4 amide bonds. The van der Waals surface area contributed by atoms with Crippen LogP contribution in [0.3, 0.4) is 0 Å². The lowest BCUT2D eigenvalue weighted by molar-refractivity contribution is -0.134. The van der Waals surface area contributed by atoms with Gasteiger partial charge < -0.3 is 30.3 Å². The minimum Gasteiger partial charge on any atom is -0.484 e. The van der Waals surface area contributed by atoms with Gasteiger partial charge in [-0.3, -0.25) is 19.2 Å². The van der Waals surface area contributed by atoms with Crippen molar-refractivity contribution in [2.24, 2.45) is 5.41 Å². The monoisotopic (exact) mass is 586 g/mol. The summed E-state index contributed by atoms with van der Waals surface area (Å²) in [4.78, 5) is 52.4. The number of aliphatic hydroxyl groups is 1. The number of hydrogen-bond acceptors (Lipinski definition) is 6. The molecule has 234 valence electrons. The van der Waals surface area contributed by atoms with Crippen LogP contribution in [0.4, 0.5) is 0 Å². The molecule has 10 heteroatoms. The third kappa shape index (κ3) is 12.0. The van der Waals surface area contributed by atoms with E-state index >= 15 is 0 Å². The summed E-state index contributed by atoms with van der Waals surface area (Å²) in [5, 5.41) is 15.1. The Kier molecular flexibility index (Phi) is 13.1. The zero-order valence-corrected chi connectivity index (χ0v) is 25.7. The summed E-state index contributed by atoms with van der Waals surface area (Å²) in [5.41, 5.74) is 2.26. The third-order valence-electron chi connectivity index (χ3n) is 7.70. The number of ether oxygens (including phenoxy) is 1. The van der Waals surface area contributed by atoms with Crippen LogP contribution in [0.5, 0.6) is 5.75 Å². The van der Waals surface area contributed by atoms with Gasteiger partial charge in [-0.05, 0) is 54.4 Å². The number of rotatable bonds is 15. The maximum atomic E-state index is 12.7. The molecule has 0 bridgehead atoms. The predicted octanol–water partition coefficient (Wildman–Crippen LogP) is 2.94. The van der Waals surface area contributed by atoms with E-state index in [1.54, 1.807) is 4.90 Å². The van der Waals surface area contributed by atoms with E-state index in [0.717, 1.165) is 57.1 Å². The molecule has 0 aromatic heterocycles. The molecule has 42 heavy (non-hydrogen) atoms. The standard InChI is InChI=1S/C32H50N4O6/c1-32(2,3)19-30(40)35-16-13-24-11-12-27(18-25(24)21-35)42-23-29(39)33-15-9-7-5-4-6-8-10-28(38)34-20-31(41)36-17-14-26(37)22-36/h11-12,18,26,37H,4-10,13-17,19-23H2,1-3H3,(H,33,39)(H,34,38)/t26-/m1/s1. The van der Waals surface area contributed by atoms with Crippen molar-refractivity contribution in [1.29, 1.82) is 0 Å². The maximum Gasteiger partial charge on any atom is 0.257 e. The van der Waals surface area contributed by atoms with Gasteiger partial charge in [0.1, 0.15) is 5.75 Å². The lowest BCUT2D eigenvalue weighted by Gasteiger charge is -2.31. The fourth-order valence-electron chi connectivity index (χ4n) is 5.29. The molecule has 2 heterocycles. The van der Waals surface area contributed by atoms with E-state index in [-0.39, 0.29) is 42.2 Å². The zero-order chi connectivity index (χ0) is 30.5. The Labute approximate surface area is 250 Å². The summed E-state index contributed by atoms with van der Waals surface area (Å²) in [7, 11) is 0. The normalized spacial score (nSPS) is 16.6. The maximum absolute atomic E-state index is 12.7. The van der Waals surface area contributed by atoms with Crippen molar-refractivity contribution in [3.63, 3.8) is 0 Å². The molecular weight excluding hydrogens is 536 g/mol. The summed E-state index contributed by atoms with van der Waals surface area (Å²) >= 11 is 0. The van der Waals surface area contributed by atoms with Gasteiger partial charge in [0.2, 0.25) is 17.7 Å². The second-order valence-electron chi connectivity index (χ2n) is 12.8. The molecular formula is C32H50N4O6. The summed E-state index contributed by atoms with van der Waals surface area (Å²) in [5.74, 6) is 0.402. The molecule has 1 aromatic carbocycles. The number of aliphatic hydroxyl groups excluding tert-OH is 1. The minimum absolute atomic E-state index is 0.00557. The van der Waals surface area contributed by atoms with E-state index in [1.165, 1.54) is 5.56 Å². The van der Waals surface area contributed by atoms with Crippen molar-refractivity contribution < 1.29 is 29.0 Å². The van der Waals surface area contributed by atoms with Crippen molar-refractivity contribution >= 4 is 23.6 Å². The number of likely N-dealkylation sites (tertiary alicyclic amines) is 1. The molecule has 1 saturated heterocycles.